The van der Waals surface area contributed by atoms with Gasteiger partial charge in [0.15, 0.2) is 11.5 Å². The van der Waals surface area contributed by atoms with Crippen LogP contribution in [0.25, 0.3) is 0 Å². The summed E-state index contributed by atoms with van der Waals surface area (Å²) in [5.41, 5.74) is 1.99. The molecule has 32 heavy (non-hydrogen) atoms. The van der Waals surface area contributed by atoms with Crippen molar-refractivity contribution >= 4 is 27.7 Å². The van der Waals surface area contributed by atoms with E-state index < -0.39 is 6.04 Å². The van der Waals surface area contributed by atoms with E-state index in [-0.39, 0.29) is 24.6 Å². The molecule has 1 N–H and O–H groups in total. The zero-order valence-electron chi connectivity index (χ0n) is 18.3. The predicted molar refractivity (Wildman–Crippen MR) is 125 cm³/mol. The summed E-state index contributed by atoms with van der Waals surface area (Å²) in [6, 6.07) is 13.3. The van der Waals surface area contributed by atoms with Gasteiger partial charge in [-0.15, -0.1) is 0 Å². The van der Waals surface area contributed by atoms with Crippen LogP contribution < -0.4 is 14.8 Å². The monoisotopic (exact) mass is 500 g/mol. The molecule has 1 aliphatic carbocycles. The van der Waals surface area contributed by atoms with Gasteiger partial charge in [0.25, 0.3) is 0 Å². The van der Waals surface area contributed by atoms with Gasteiger partial charge in [0.2, 0.25) is 18.6 Å². The zero-order chi connectivity index (χ0) is 22.5. The smallest absolute Gasteiger partial charge is 0.242 e. The van der Waals surface area contributed by atoms with E-state index in [1.807, 2.05) is 49.4 Å². The third-order valence-corrected chi connectivity index (χ3v) is 6.67. The van der Waals surface area contributed by atoms with Crippen LogP contribution in [0, 0.1) is 0 Å². The SMILES string of the molecule is CC(C(=O)NC1CCCC1)N(Cc1cccc(Br)c1)C(=O)CCc1ccc2c(c1)OCO2. The van der Waals surface area contributed by atoms with Gasteiger partial charge < -0.3 is 19.7 Å². The number of hydrogen-bond donors (Lipinski definition) is 1. The average Bonchev–Trinajstić information content (AvgIpc) is 3.47. The topological polar surface area (TPSA) is 67.9 Å². The first-order valence-corrected chi connectivity index (χ1v) is 12.0. The Hall–Kier alpha value is -2.54. The first-order chi connectivity index (χ1) is 15.5. The molecule has 6 nitrogen and oxygen atoms in total. The molecule has 1 saturated carbocycles. The van der Waals surface area contributed by atoms with Crippen LogP contribution >= 0.6 is 15.9 Å². The standard InChI is InChI=1S/C25H29BrN2O4/c1-17(25(30)27-21-7-2-3-8-21)28(15-19-5-4-6-20(26)13-19)24(29)12-10-18-9-11-22-23(14-18)32-16-31-22/h4-6,9,11,13-14,17,21H,2-3,7-8,10,12,15-16H2,1H3,(H,27,30). The second-order valence-electron chi connectivity index (χ2n) is 8.51. The number of amides is 2. The molecule has 0 bridgehead atoms. The van der Waals surface area contributed by atoms with Gasteiger partial charge in [-0.25, -0.2) is 0 Å². The largest absolute Gasteiger partial charge is 0.454 e. The molecule has 1 heterocycles. The van der Waals surface area contributed by atoms with Crippen molar-refractivity contribution in [1.82, 2.24) is 10.2 Å². The molecule has 1 aliphatic heterocycles. The Balaban J connectivity index is 1.45. The maximum absolute atomic E-state index is 13.3. The van der Waals surface area contributed by atoms with Crippen LogP contribution in [-0.4, -0.2) is 35.6 Å². The summed E-state index contributed by atoms with van der Waals surface area (Å²) in [7, 11) is 0. The molecule has 0 saturated heterocycles. The molecular weight excluding hydrogens is 472 g/mol. The Kier molecular flexibility index (Phi) is 7.35. The summed E-state index contributed by atoms with van der Waals surface area (Å²) in [4.78, 5) is 28.0. The number of nitrogens with one attached hydrogen (secondary N) is 1. The number of rotatable bonds is 8. The van der Waals surface area contributed by atoms with E-state index in [2.05, 4.69) is 21.2 Å². The molecule has 0 aromatic heterocycles. The fourth-order valence-electron chi connectivity index (χ4n) is 4.30. The first kappa shape index (κ1) is 22.6. The van der Waals surface area contributed by atoms with E-state index in [0.717, 1.165) is 47.0 Å². The Morgan fingerprint density at radius 2 is 1.88 bits per heavy atom. The Labute approximate surface area is 197 Å². The molecule has 2 aromatic carbocycles. The number of halogens is 1. The highest BCUT2D eigenvalue weighted by Crippen LogP contribution is 2.33. The number of carbonyl (C=O) groups is 2. The van der Waals surface area contributed by atoms with Gasteiger partial charge in [0.05, 0.1) is 0 Å². The van der Waals surface area contributed by atoms with Gasteiger partial charge in [-0.1, -0.05) is 47.0 Å². The van der Waals surface area contributed by atoms with Gasteiger partial charge in [0, 0.05) is 23.5 Å². The van der Waals surface area contributed by atoms with Crippen molar-refractivity contribution in [3.8, 4) is 11.5 Å². The number of nitrogens with zero attached hydrogens (tertiary/aromatic N) is 1. The third kappa shape index (κ3) is 5.63. The van der Waals surface area contributed by atoms with Crippen molar-refractivity contribution in [2.75, 3.05) is 6.79 Å². The molecule has 1 unspecified atom stereocenters. The summed E-state index contributed by atoms with van der Waals surface area (Å²) < 4.78 is 11.8. The van der Waals surface area contributed by atoms with E-state index in [1.165, 1.54) is 0 Å². The minimum absolute atomic E-state index is 0.0447. The fourth-order valence-corrected chi connectivity index (χ4v) is 4.74. The summed E-state index contributed by atoms with van der Waals surface area (Å²) in [6.45, 7) is 2.44. The summed E-state index contributed by atoms with van der Waals surface area (Å²) >= 11 is 3.49. The molecule has 2 amide bonds. The molecule has 2 aliphatic rings. The van der Waals surface area contributed by atoms with Crippen molar-refractivity contribution in [1.29, 1.82) is 0 Å². The minimum atomic E-state index is -0.543. The van der Waals surface area contributed by atoms with E-state index >= 15 is 0 Å². The Morgan fingerprint density at radius 3 is 2.66 bits per heavy atom. The summed E-state index contributed by atoms with van der Waals surface area (Å²) in [5.74, 6) is 1.32. The van der Waals surface area contributed by atoms with Crippen molar-refractivity contribution in [2.24, 2.45) is 0 Å². The molecule has 0 spiro atoms. The molecular formula is C25H29BrN2O4. The molecule has 2 aromatic rings. The first-order valence-electron chi connectivity index (χ1n) is 11.2. The number of aryl methyl sites for hydroxylation is 1. The predicted octanol–water partition coefficient (Wildman–Crippen LogP) is 4.59. The number of carbonyl (C=O) groups excluding carboxylic acids is 2. The number of fused-ring (bicyclic) bond motifs is 1. The van der Waals surface area contributed by atoms with Crippen molar-refractivity contribution in [3.63, 3.8) is 0 Å². The highest BCUT2D eigenvalue weighted by molar-refractivity contribution is 9.10. The van der Waals surface area contributed by atoms with E-state index in [1.54, 1.807) is 4.90 Å². The van der Waals surface area contributed by atoms with E-state index in [4.69, 9.17) is 9.47 Å². The fraction of sp³-hybridized carbons (Fsp3) is 0.440. The van der Waals surface area contributed by atoms with Crippen LogP contribution in [0.2, 0.25) is 0 Å². The Morgan fingerprint density at radius 1 is 1.09 bits per heavy atom. The maximum Gasteiger partial charge on any atom is 0.242 e. The van der Waals surface area contributed by atoms with E-state index in [0.29, 0.717) is 25.1 Å². The lowest BCUT2D eigenvalue weighted by atomic mass is 10.1. The van der Waals surface area contributed by atoms with Gasteiger partial charge >= 0.3 is 0 Å². The Bertz CT molecular complexity index is 974. The van der Waals surface area contributed by atoms with Crippen LogP contribution in [0.5, 0.6) is 11.5 Å². The normalized spacial score (nSPS) is 16.1. The van der Waals surface area contributed by atoms with Crippen LogP contribution in [0.15, 0.2) is 46.9 Å². The van der Waals surface area contributed by atoms with Crippen LogP contribution in [0.1, 0.15) is 50.2 Å². The van der Waals surface area contributed by atoms with Crippen LogP contribution in [0.3, 0.4) is 0 Å². The summed E-state index contributed by atoms with van der Waals surface area (Å²) in [6.07, 6.45) is 5.21. The quantitative estimate of drug-likeness (QED) is 0.575. The number of benzene rings is 2. The molecule has 1 atom stereocenters. The summed E-state index contributed by atoms with van der Waals surface area (Å²) in [5, 5.41) is 3.14. The highest BCUT2D eigenvalue weighted by Gasteiger charge is 2.28. The lowest BCUT2D eigenvalue weighted by molar-refractivity contribution is -0.140. The van der Waals surface area contributed by atoms with Crippen LogP contribution in [0.4, 0.5) is 0 Å². The second-order valence-corrected chi connectivity index (χ2v) is 9.42. The molecule has 1 fully saturated rings. The third-order valence-electron chi connectivity index (χ3n) is 6.18. The number of hydrogen-bond acceptors (Lipinski definition) is 4. The minimum Gasteiger partial charge on any atom is -0.454 e. The van der Waals surface area contributed by atoms with Crippen molar-refractivity contribution in [3.05, 3.63) is 58.1 Å². The van der Waals surface area contributed by atoms with Crippen LogP contribution in [-0.2, 0) is 22.6 Å². The molecule has 170 valence electrons. The van der Waals surface area contributed by atoms with E-state index in [9.17, 15) is 9.59 Å². The van der Waals surface area contributed by atoms with Crippen molar-refractivity contribution in [2.45, 2.75) is 64.1 Å². The van der Waals surface area contributed by atoms with Gasteiger partial charge in [-0.05, 0) is 61.6 Å². The lowest BCUT2D eigenvalue weighted by Crippen LogP contribution is -2.49. The zero-order valence-corrected chi connectivity index (χ0v) is 19.9. The number of ether oxygens (including phenoxy) is 2. The average molecular weight is 501 g/mol. The lowest BCUT2D eigenvalue weighted by Gasteiger charge is -2.30. The highest BCUT2D eigenvalue weighted by atomic mass is 79.9. The van der Waals surface area contributed by atoms with Gasteiger partial charge in [-0.2, -0.15) is 0 Å². The maximum atomic E-state index is 13.3. The molecule has 7 heteroatoms. The van der Waals surface area contributed by atoms with Gasteiger partial charge in [0.1, 0.15) is 6.04 Å². The molecule has 0 radical (unpaired) electrons. The second kappa shape index (κ2) is 10.4. The van der Waals surface area contributed by atoms with Crippen molar-refractivity contribution < 1.29 is 19.1 Å². The molecule has 4 rings (SSSR count). The van der Waals surface area contributed by atoms with Gasteiger partial charge in [-0.3, -0.25) is 9.59 Å².